The van der Waals surface area contributed by atoms with Crippen LogP contribution in [0.2, 0.25) is 0 Å². The Kier molecular flexibility index (Phi) is 4.81. The summed E-state index contributed by atoms with van der Waals surface area (Å²) in [6.45, 7) is 9.15. The van der Waals surface area contributed by atoms with E-state index < -0.39 is 5.97 Å². The number of thioether (sulfide) groups is 1. The number of hydrogen-bond donors (Lipinski definition) is 0. The van der Waals surface area contributed by atoms with Gasteiger partial charge in [0.2, 0.25) is 0 Å². The van der Waals surface area contributed by atoms with Gasteiger partial charge in [-0.05, 0) is 53.7 Å². The van der Waals surface area contributed by atoms with Crippen molar-refractivity contribution < 1.29 is 9.90 Å². The second kappa shape index (κ2) is 6.77. The van der Waals surface area contributed by atoms with E-state index in [1.165, 1.54) is 10.5 Å². The zero-order valence-corrected chi connectivity index (χ0v) is 16.2. The number of aliphatic carboxylic acids is 1. The summed E-state index contributed by atoms with van der Waals surface area (Å²) in [5, 5.41) is 18.4. The van der Waals surface area contributed by atoms with E-state index in [-0.39, 0.29) is 16.6 Å². The normalized spacial score (nSPS) is 16.9. The van der Waals surface area contributed by atoms with Crippen molar-refractivity contribution in [2.75, 3.05) is 0 Å². The van der Waals surface area contributed by atoms with Crippen LogP contribution in [-0.4, -0.2) is 20.9 Å². The van der Waals surface area contributed by atoms with Gasteiger partial charge < -0.3 is 9.90 Å². The number of carboxylic acid groups (broad SMARTS) is 1. The van der Waals surface area contributed by atoms with E-state index in [0.717, 1.165) is 12.0 Å². The van der Waals surface area contributed by atoms with Gasteiger partial charge in [-0.15, -0.1) is 16.9 Å². The number of carbonyl (C=O) groups is 1. The lowest BCUT2D eigenvalue weighted by atomic mass is 9.76. The molecule has 0 unspecified atom stereocenters. The SMILES string of the molecule is CC1(C)CC(C)(C)c2cc(C#Cc3ccc(CC(=O)[O-])nn3)ccc2S1. The highest BCUT2D eigenvalue weighted by Crippen LogP contribution is 2.50. The topological polar surface area (TPSA) is 65.9 Å². The Morgan fingerprint density at radius 2 is 1.92 bits per heavy atom. The molecule has 1 aromatic heterocycles. The molecule has 5 heteroatoms. The van der Waals surface area contributed by atoms with E-state index in [9.17, 15) is 9.90 Å². The number of aromatic nitrogens is 2. The van der Waals surface area contributed by atoms with Crippen molar-refractivity contribution in [2.45, 2.75) is 55.6 Å². The molecular formula is C21H21N2O2S-. The Bertz CT molecular complexity index is 906. The lowest BCUT2D eigenvalue weighted by molar-refractivity contribution is -0.304. The molecule has 2 heterocycles. The largest absolute Gasteiger partial charge is 0.550 e. The second-order valence-corrected chi connectivity index (χ2v) is 9.59. The average molecular weight is 365 g/mol. The molecule has 0 radical (unpaired) electrons. The summed E-state index contributed by atoms with van der Waals surface area (Å²) in [6.07, 6.45) is 0.870. The van der Waals surface area contributed by atoms with Crippen molar-refractivity contribution in [3.8, 4) is 11.8 Å². The van der Waals surface area contributed by atoms with E-state index in [1.54, 1.807) is 12.1 Å². The molecular weight excluding hydrogens is 344 g/mol. The average Bonchev–Trinajstić information content (AvgIpc) is 2.52. The first-order valence-corrected chi connectivity index (χ1v) is 9.34. The van der Waals surface area contributed by atoms with Crippen molar-refractivity contribution >= 4 is 17.7 Å². The number of benzene rings is 1. The maximum Gasteiger partial charge on any atom is 0.136 e. The lowest BCUT2D eigenvalue weighted by Gasteiger charge is -2.41. The first kappa shape index (κ1) is 18.5. The van der Waals surface area contributed by atoms with Crippen molar-refractivity contribution in [3.63, 3.8) is 0 Å². The van der Waals surface area contributed by atoms with Gasteiger partial charge in [-0.1, -0.05) is 33.6 Å². The summed E-state index contributed by atoms with van der Waals surface area (Å²) in [7, 11) is 0. The molecule has 0 amide bonds. The monoisotopic (exact) mass is 365 g/mol. The number of carboxylic acids is 1. The Morgan fingerprint density at radius 1 is 1.15 bits per heavy atom. The molecule has 0 aliphatic carbocycles. The van der Waals surface area contributed by atoms with Gasteiger partial charge in [-0.25, -0.2) is 0 Å². The fourth-order valence-electron chi connectivity index (χ4n) is 3.52. The van der Waals surface area contributed by atoms with Crippen LogP contribution in [0.5, 0.6) is 0 Å². The number of rotatable bonds is 2. The van der Waals surface area contributed by atoms with Crippen LogP contribution in [0, 0.1) is 11.8 Å². The first-order valence-electron chi connectivity index (χ1n) is 8.53. The molecule has 0 saturated heterocycles. The highest BCUT2D eigenvalue weighted by Gasteiger charge is 2.37. The molecule has 4 nitrogen and oxygen atoms in total. The van der Waals surface area contributed by atoms with Crippen molar-refractivity contribution in [3.05, 3.63) is 52.8 Å². The smallest absolute Gasteiger partial charge is 0.136 e. The van der Waals surface area contributed by atoms with Crippen molar-refractivity contribution in [2.24, 2.45) is 0 Å². The van der Waals surface area contributed by atoms with E-state index >= 15 is 0 Å². The molecule has 1 aliphatic heterocycles. The van der Waals surface area contributed by atoms with Gasteiger partial charge in [-0.3, -0.25) is 0 Å². The van der Waals surface area contributed by atoms with Crippen LogP contribution in [0.4, 0.5) is 0 Å². The molecule has 1 aromatic carbocycles. The molecule has 0 spiro atoms. The lowest BCUT2D eigenvalue weighted by Crippen LogP contribution is -2.33. The Hall–Kier alpha value is -2.32. The molecule has 0 bridgehead atoms. The fourth-order valence-corrected chi connectivity index (χ4v) is 5.13. The quantitative estimate of drug-likeness (QED) is 0.766. The molecule has 134 valence electrons. The van der Waals surface area contributed by atoms with Gasteiger partial charge in [0.25, 0.3) is 0 Å². The third kappa shape index (κ3) is 4.25. The van der Waals surface area contributed by atoms with E-state index in [1.807, 2.05) is 17.8 Å². The van der Waals surface area contributed by atoms with Crippen molar-refractivity contribution in [1.82, 2.24) is 10.2 Å². The van der Waals surface area contributed by atoms with Crippen LogP contribution in [0.3, 0.4) is 0 Å². The molecule has 26 heavy (non-hydrogen) atoms. The Balaban J connectivity index is 1.85. The third-order valence-corrected chi connectivity index (χ3v) is 5.62. The van der Waals surface area contributed by atoms with Crippen LogP contribution >= 0.6 is 11.8 Å². The van der Waals surface area contributed by atoms with Gasteiger partial charge in [0, 0.05) is 27.6 Å². The molecule has 0 fully saturated rings. The zero-order valence-electron chi connectivity index (χ0n) is 15.4. The maximum atomic E-state index is 10.6. The maximum absolute atomic E-state index is 10.6. The number of fused-ring (bicyclic) bond motifs is 1. The Morgan fingerprint density at radius 3 is 2.58 bits per heavy atom. The first-order chi connectivity index (χ1) is 12.1. The van der Waals surface area contributed by atoms with E-state index in [4.69, 9.17) is 0 Å². The third-order valence-electron chi connectivity index (χ3n) is 4.34. The molecule has 1 aliphatic rings. The van der Waals surface area contributed by atoms with Crippen LogP contribution < -0.4 is 5.11 Å². The number of nitrogens with zero attached hydrogens (tertiary/aromatic N) is 2. The summed E-state index contributed by atoms with van der Waals surface area (Å²) in [4.78, 5) is 11.9. The van der Waals surface area contributed by atoms with Gasteiger partial charge in [-0.2, -0.15) is 5.10 Å². The molecule has 0 atom stereocenters. The Labute approximate surface area is 158 Å². The second-order valence-electron chi connectivity index (χ2n) is 7.84. The van der Waals surface area contributed by atoms with E-state index in [0.29, 0.717) is 11.4 Å². The number of hydrogen-bond acceptors (Lipinski definition) is 5. The summed E-state index contributed by atoms with van der Waals surface area (Å²) in [6, 6.07) is 9.65. The minimum Gasteiger partial charge on any atom is -0.550 e. The van der Waals surface area contributed by atoms with Crippen LogP contribution in [-0.2, 0) is 16.6 Å². The predicted molar refractivity (Wildman–Crippen MR) is 101 cm³/mol. The van der Waals surface area contributed by atoms with Crippen LogP contribution in [0.25, 0.3) is 0 Å². The summed E-state index contributed by atoms with van der Waals surface area (Å²) in [5.74, 6) is 4.97. The van der Waals surface area contributed by atoms with Crippen LogP contribution in [0.15, 0.2) is 35.2 Å². The zero-order chi connectivity index (χ0) is 18.9. The van der Waals surface area contributed by atoms with E-state index in [2.05, 4.69) is 61.9 Å². The van der Waals surface area contributed by atoms with Crippen LogP contribution in [0.1, 0.15) is 56.6 Å². The molecule has 3 rings (SSSR count). The van der Waals surface area contributed by atoms with Crippen molar-refractivity contribution in [1.29, 1.82) is 0 Å². The minimum absolute atomic E-state index is 0.105. The van der Waals surface area contributed by atoms with Gasteiger partial charge in [0.15, 0.2) is 0 Å². The number of carbonyl (C=O) groups excluding carboxylic acids is 1. The predicted octanol–water partition coefficient (Wildman–Crippen LogP) is 2.72. The standard InChI is InChI=1S/C21H22N2O2S/c1-20(2)13-21(3,4)26-18-10-6-14(11-17(18)20)5-7-15-8-9-16(23-22-15)12-19(24)25/h6,8-11H,12-13H2,1-4H3,(H,24,25)/p-1. The minimum atomic E-state index is -1.17. The highest BCUT2D eigenvalue weighted by atomic mass is 32.2. The summed E-state index contributed by atoms with van der Waals surface area (Å²) >= 11 is 1.92. The van der Waals surface area contributed by atoms with Gasteiger partial charge >= 0.3 is 0 Å². The fraction of sp³-hybridized carbons (Fsp3) is 0.381. The van der Waals surface area contributed by atoms with Gasteiger partial charge in [0.05, 0.1) is 5.69 Å². The molecule has 0 N–H and O–H groups in total. The van der Waals surface area contributed by atoms with Gasteiger partial charge in [0.1, 0.15) is 5.69 Å². The summed E-state index contributed by atoms with van der Waals surface area (Å²) in [5.41, 5.74) is 3.26. The summed E-state index contributed by atoms with van der Waals surface area (Å²) < 4.78 is 0.229. The molecule has 0 saturated carbocycles. The molecule has 2 aromatic rings. The highest BCUT2D eigenvalue weighted by molar-refractivity contribution is 8.00.